The highest BCUT2D eigenvalue weighted by molar-refractivity contribution is 6.33. The van der Waals surface area contributed by atoms with Gasteiger partial charge in [-0.1, -0.05) is 42.3 Å². The van der Waals surface area contributed by atoms with Crippen LogP contribution < -0.4 is 15.4 Å². The summed E-state index contributed by atoms with van der Waals surface area (Å²) in [5.41, 5.74) is 1.61. The van der Waals surface area contributed by atoms with E-state index in [4.69, 9.17) is 16.3 Å². The molecule has 170 valence electrons. The van der Waals surface area contributed by atoms with E-state index in [1.807, 2.05) is 42.5 Å². The highest BCUT2D eigenvalue weighted by Gasteiger charge is 2.39. The van der Waals surface area contributed by atoms with Crippen molar-refractivity contribution in [2.24, 2.45) is 0 Å². The maximum Gasteiger partial charge on any atom is 0.238 e. The van der Waals surface area contributed by atoms with Crippen LogP contribution in [0.25, 0.3) is 0 Å². The first-order valence-corrected chi connectivity index (χ1v) is 11.6. The normalized spacial score (nSPS) is 22.8. The predicted octanol–water partition coefficient (Wildman–Crippen LogP) is 4.03. The van der Waals surface area contributed by atoms with Crippen LogP contribution in [0.3, 0.4) is 0 Å². The number of carbonyl (C=O) groups is 2. The highest BCUT2D eigenvalue weighted by Crippen LogP contribution is 2.34. The van der Waals surface area contributed by atoms with Gasteiger partial charge in [-0.2, -0.15) is 0 Å². The van der Waals surface area contributed by atoms with E-state index in [-0.39, 0.29) is 17.9 Å². The number of halogens is 1. The van der Waals surface area contributed by atoms with Gasteiger partial charge in [0.1, 0.15) is 5.75 Å². The molecule has 2 unspecified atom stereocenters. The second-order valence-corrected chi connectivity index (χ2v) is 9.11. The van der Waals surface area contributed by atoms with Gasteiger partial charge in [-0.25, -0.2) is 0 Å². The molecule has 2 atom stereocenters. The zero-order valence-electron chi connectivity index (χ0n) is 18.4. The average molecular weight is 456 g/mol. The summed E-state index contributed by atoms with van der Waals surface area (Å²) in [6, 6.07) is 15.7. The molecule has 4 rings (SSSR count). The molecule has 0 saturated carbocycles. The van der Waals surface area contributed by atoms with E-state index >= 15 is 0 Å². The Balaban J connectivity index is 1.31. The van der Waals surface area contributed by atoms with Gasteiger partial charge in [0.05, 0.1) is 30.8 Å². The third kappa shape index (κ3) is 5.61. The second-order valence-electron chi connectivity index (χ2n) is 8.70. The van der Waals surface area contributed by atoms with Crippen molar-refractivity contribution in [2.45, 2.75) is 56.7 Å². The molecule has 32 heavy (non-hydrogen) atoms. The monoisotopic (exact) mass is 455 g/mol. The Morgan fingerprint density at radius 1 is 1.03 bits per heavy atom. The Labute approximate surface area is 194 Å². The van der Waals surface area contributed by atoms with Gasteiger partial charge in [0.15, 0.2) is 0 Å². The summed E-state index contributed by atoms with van der Waals surface area (Å²) in [5.74, 6) is 0.785. The number of piperidine rings is 2. The fraction of sp³-hybridized carbons (Fsp3) is 0.440. The molecule has 2 amide bonds. The fourth-order valence-corrected chi connectivity index (χ4v) is 5.16. The number of nitrogens with one attached hydrogen (secondary N) is 2. The van der Waals surface area contributed by atoms with Crippen molar-refractivity contribution in [2.75, 3.05) is 19.0 Å². The van der Waals surface area contributed by atoms with Crippen LogP contribution in [0.5, 0.6) is 5.75 Å². The predicted molar refractivity (Wildman–Crippen MR) is 126 cm³/mol. The van der Waals surface area contributed by atoms with E-state index in [0.29, 0.717) is 35.8 Å². The Morgan fingerprint density at radius 3 is 2.38 bits per heavy atom. The van der Waals surface area contributed by atoms with Crippen molar-refractivity contribution in [3.63, 3.8) is 0 Å². The third-order valence-corrected chi connectivity index (χ3v) is 6.82. The van der Waals surface area contributed by atoms with Gasteiger partial charge in [0, 0.05) is 18.1 Å². The molecule has 2 fully saturated rings. The van der Waals surface area contributed by atoms with Gasteiger partial charge in [0.2, 0.25) is 11.8 Å². The zero-order valence-corrected chi connectivity index (χ0v) is 19.1. The molecular formula is C25H30ClN3O3. The molecule has 2 N–H and O–H groups in total. The van der Waals surface area contributed by atoms with Crippen molar-refractivity contribution < 1.29 is 14.3 Å². The minimum atomic E-state index is -0.0445. The van der Waals surface area contributed by atoms with Crippen LogP contribution in [0.2, 0.25) is 5.02 Å². The first kappa shape index (κ1) is 22.6. The molecule has 2 bridgehead atoms. The largest absolute Gasteiger partial charge is 0.497 e. The molecule has 2 aliphatic heterocycles. The van der Waals surface area contributed by atoms with Crippen LogP contribution in [0.1, 0.15) is 37.7 Å². The summed E-state index contributed by atoms with van der Waals surface area (Å²) in [7, 11) is 1.63. The van der Waals surface area contributed by atoms with Gasteiger partial charge in [-0.3, -0.25) is 14.5 Å². The second kappa shape index (κ2) is 10.4. The van der Waals surface area contributed by atoms with Crippen LogP contribution in [0.15, 0.2) is 48.5 Å². The number of hydrogen-bond donors (Lipinski definition) is 2. The fourth-order valence-electron chi connectivity index (χ4n) is 4.98. The minimum absolute atomic E-state index is 0.0445. The molecule has 0 aromatic heterocycles. The number of nitrogens with zero attached hydrogens (tertiary/aromatic N) is 1. The quantitative estimate of drug-likeness (QED) is 0.661. The van der Waals surface area contributed by atoms with Gasteiger partial charge < -0.3 is 15.4 Å². The van der Waals surface area contributed by atoms with Crippen LogP contribution in [-0.2, 0) is 16.0 Å². The summed E-state index contributed by atoms with van der Waals surface area (Å²) >= 11 is 6.17. The summed E-state index contributed by atoms with van der Waals surface area (Å²) in [6.45, 7) is 0.354. The average Bonchev–Trinajstić information content (AvgIpc) is 2.76. The number of amides is 2. The van der Waals surface area contributed by atoms with Gasteiger partial charge in [-0.05, 0) is 55.5 Å². The molecule has 7 heteroatoms. The van der Waals surface area contributed by atoms with Crippen LogP contribution in [0.4, 0.5) is 5.69 Å². The molecule has 6 nitrogen and oxygen atoms in total. The zero-order chi connectivity index (χ0) is 22.5. The smallest absolute Gasteiger partial charge is 0.238 e. The molecule has 0 spiro atoms. The number of hydrogen-bond acceptors (Lipinski definition) is 4. The van der Waals surface area contributed by atoms with Crippen LogP contribution in [0, 0.1) is 0 Å². The molecule has 0 radical (unpaired) electrons. The van der Waals surface area contributed by atoms with Crippen molar-refractivity contribution in [1.29, 1.82) is 0 Å². The molecule has 2 aliphatic rings. The lowest BCUT2D eigenvalue weighted by molar-refractivity contribution is -0.124. The number of methoxy groups -OCH3 is 1. The topological polar surface area (TPSA) is 70.7 Å². The Hall–Kier alpha value is -2.57. The van der Waals surface area contributed by atoms with Gasteiger partial charge >= 0.3 is 0 Å². The summed E-state index contributed by atoms with van der Waals surface area (Å²) in [4.78, 5) is 27.6. The highest BCUT2D eigenvalue weighted by atomic mass is 35.5. The lowest BCUT2D eigenvalue weighted by Gasteiger charge is -2.48. The molecular weight excluding hydrogens is 426 g/mol. The first-order chi connectivity index (χ1) is 15.5. The van der Waals surface area contributed by atoms with Crippen LogP contribution >= 0.6 is 11.6 Å². The van der Waals surface area contributed by atoms with E-state index in [1.165, 1.54) is 6.42 Å². The number of fused-ring (bicyclic) bond motifs is 2. The van der Waals surface area contributed by atoms with E-state index in [2.05, 4.69) is 15.5 Å². The van der Waals surface area contributed by atoms with Gasteiger partial charge in [0.25, 0.3) is 0 Å². The van der Waals surface area contributed by atoms with Crippen molar-refractivity contribution in [3.8, 4) is 5.75 Å². The lowest BCUT2D eigenvalue weighted by atomic mass is 9.81. The minimum Gasteiger partial charge on any atom is -0.497 e. The molecule has 2 aromatic carbocycles. The van der Waals surface area contributed by atoms with Crippen molar-refractivity contribution in [1.82, 2.24) is 10.2 Å². The van der Waals surface area contributed by atoms with E-state index < -0.39 is 0 Å². The summed E-state index contributed by atoms with van der Waals surface area (Å²) in [5, 5.41) is 6.71. The lowest BCUT2D eigenvalue weighted by Crippen LogP contribution is -2.58. The number of ether oxygens (including phenoxy) is 1. The SMILES string of the molecule is COc1ccc(CC(=O)NC2CC3CCCC(C2)N3CC(=O)Nc2ccccc2Cl)cc1. The standard InChI is InChI=1S/C25H30ClN3O3/c1-32-21-11-9-17(10-12-21)13-24(30)27-18-14-19-5-4-6-20(15-18)29(19)16-25(31)28-23-8-3-2-7-22(23)26/h2-3,7-12,18-20H,4-6,13-16H2,1H3,(H,27,30)(H,28,31). The number of rotatable bonds is 7. The number of benzene rings is 2. The molecule has 2 aromatic rings. The number of anilines is 1. The summed E-state index contributed by atoms with van der Waals surface area (Å²) < 4.78 is 5.17. The van der Waals surface area contributed by atoms with E-state index in [9.17, 15) is 9.59 Å². The molecule has 0 aliphatic carbocycles. The van der Waals surface area contributed by atoms with Gasteiger partial charge in [-0.15, -0.1) is 0 Å². The molecule has 2 saturated heterocycles. The Kier molecular flexibility index (Phi) is 7.33. The summed E-state index contributed by atoms with van der Waals surface area (Å²) in [6.07, 6.45) is 5.40. The number of para-hydroxylation sites is 1. The van der Waals surface area contributed by atoms with E-state index in [1.54, 1.807) is 13.2 Å². The maximum atomic E-state index is 12.7. The Bertz CT molecular complexity index is 936. The molecule has 2 heterocycles. The van der Waals surface area contributed by atoms with E-state index in [0.717, 1.165) is 37.0 Å². The van der Waals surface area contributed by atoms with Crippen molar-refractivity contribution >= 4 is 29.1 Å². The third-order valence-electron chi connectivity index (χ3n) is 6.49. The first-order valence-electron chi connectivity index (χ1n) is 11.2. The number of carbonyl (C=O) groups excluding carboxylic acids is 2. The Morgan fingerprint density at radius 2 is 1.72 bits per heavy atom. The van der Waals surface area contributed by atoms with Crippen LogP contribution in [-0.4, -0.2) is 48.5 Å². The maximum absolute atomic E-state index is 12.7. The van der Waals surface area contributed by atoms with Crippen molar-refractivity contribution in [3.05, 3.63) is 59.1 Å².